The molecule has 20 heavy (non-hydrogen) atoms. The molecule has 5 heteroatoms. The van der Waals surface area contributed by atoms with Gasteiger partial charge >= 0.3 is 0 Å². The molecule has 2 aromatic carbocycles. The fraction of sp³-hybridized carbons (Fsp3) is 0.133. The minimum Gasteiger partial charge on any atom is -0.345 e. The normalized spacial score (nSPS) is 12.0. The second-order valence-electron chi connectivity index (χ2n) is 4.34. The van der Waals surface area contributed by atoms with E-state index < -0.39 is 23.1 Å². The number of hydrogen-bond acceptors (Lipinski definition) is 1. The molecule has 0 fully saturated rings. The first-order valence-electron chi connectivity index (χ1n) is 5.99. The summed E-state index contributed by atoms with van der Waals surface area (Å²) in [5, 5.41) is 2.58. The number of halogens is 3. The Morgan fingerprint density at radius 3 is 2.20 bits per heavy atom. The van der Waals surface area contributed by atoms with Gasteiger partial charge in [0, 0.05) is 4.47 Å². The molecule has 0 heterocycles. The Morgan fingerprint density at radius 2 is 1.65 bits per heavy atom. The van der Waals surface area contributed by atoms with Crippen molar-refractivity contribution < 1.29 is 13.6 Å². The molecular formula is C15H12BrF2NO. The molecule has 0 aliphatic rings. The topological polar surface area (TPSA) is 29.1 Å². The van der Waals surface area contributed by atoms with Crippen molar-refractivity contribution in [2.75, 3.05) is 0 Å². The van der Waals surface area contributed by atoms with E-state index in [1.54, 1.807) is 6.92 Å². The summed E-state index contributed by atoms with van der Waals surface area (Å²) in [7, 11) is 0. The number of rotatable bonds is 3. The summed E-state index contributed by atoms with van der Waals surface area (Å²) in [4.78, 5) is 11.9. The number of carbonyl (C=O) groups excluding carboxylic acids is 1. The van der Waals surface area contributed by atoms with Crippen LogP contribution in [-0.2, 0) is 0 Å². The Balaban J connectivity index is 2.17. The zero-order valence-electron chi connectivity index (χ0n) is 10.7. The van der Waals surface area contributed by atoms with Gasteiger partial charge in [-0.2, -0.15) is 0 Å². The van der Waals surface area contributed by atoms with E-state index in [9.17, 15) is 13.6 Å². The molecule has 2 rings (SSSR count). The molecule has 1 atom stereocenters. The van der Waals surface area contributed by atoms with Gasteiger partial charge in [-0.15, -0.1) is 0 Å². The summed E-state index contributed by atoms with van der Waals surface area (Å²) in [5.74, 6) is -2.51. The summed E-state index contributed by atoms with van der Waals surface area (Å²) >= 11 is 3.31. The Kier molecular flexibility index (Phi) is 4.49. The first-order chi connectivity index (χ1) is 9.49. The van der Waals surface area contributed by atoms with Crippen LogP contribution in [0.2, 0.25) is 0 Å². The van der Waals surface area contributed by atoms with Gasteiger partial charge in [0.05, 0.1) is 6.04 Å². The van der Waals surface area contributed by atoms with Gasteiger partial charge in [0.15, 0.2) is 0 Å². The largest absolute Gasteiger partial charge is 0.345 e. The maximum Gasteiger partial charge on any atom is 0.257 e. The summed E-state index contributed by atoms with van der Waals surface area (Å²) in [5.41, 5.74) is 0.287. The Bertz CT molecular complexity index is 608. The lowest BCUT2D eigenvalue weighted by Crippen LogP contribution is -2.28. The average molecular weight is 340 g/mol. The summed E-state index contributed by atoms with van der Waals surface area (Å²) in [6.07, 6.45) is 0. The Labute approximate surface area is 123 Å². The molecule has 1 N–H and O–H groups in total. The second-order valence-corrected chi connectivity index (χ2v) is 5.26. The SMILES string of the molecule is C[C@H](NC(=O)c1c(F)cccc1F)c1ccc(Br)cc1. The molecule has 104 valence electrons. The molecule has 0 saturated carbocycles. The van der Waals surface area contributed by atoms with Crippen LogP contribution in [0.15, 0.2) is 46.9 Å². The number of carbonyl (C=O) groups is 1. The predicted octanol–water partition coefficient (Wildman–Crippen LogP) is 4.22. The smallest absolute Gasteiger partial charge is 0.257 e. The lowest BCUT2D eigenvalue weighted by Gasteiger charge is -2.15. The van der Waals surface area contributed by atoms with Crippen molar-refractivity contribution in [3.05, 3.63) is 69.7 Å². The molecule has 1 amide bonds. The zero-order valence-corrected chi connectivity index (χ0v) is 12.2. The molecule has 0 aliphatic heterocycles. The van der Waals surface area contributed by atoms with E-state index in [2.05, 4.69) is 21.2 Å². The molecular weight excluding hydrogens is 328 g/mol. The minimum absolute atomic E-state index is 0.352. The van der Waals surface area contributed by atoms with Crippen LogP contribution in [0.5, 0.6) is 0 Å². The van der Waals surface area contributed by atoms with Crippen LogP contribution in [0.4, 0.5) is 8.78 Å². The molecule has 2 aromatic rings. The molecule has 0 bridgehead atoms. The van der Waals surface area contributed by atoms with Crippen LogP contribution in [0, 0.1) is 11.6 Å². The molecule has 0 aromatic heterocycles. The number of amides is 1. The molecule has 0 radical (unpaired) electrons. The van der Waals surface area contributed by atoms with E-state index in [1.165, 1.54) is 6.07 Å². The standard InChI is InChI=1S/C15H12BrF2NO/c1-9(10-5-7-11(16)8-6-10)19-15(20)14-12(17)3-2-4-13(14)18/h2-9H,1H3,(H,19,20)/t9-/m0/s1. The molecule has 0 spiro atoms. The maximum atomic E-state index is 13.5. The van der Waals surface area contributed by atoms with Gasteiger partial charge < -0.3 is 5.32 Å². The van der Waals surface area contributed by atoms with E-state index in [4.69, 9.17) is 0 Å². The van der Waals surface area contributed by atoms with Gasteiger partial charge in [-0.1, -0.05) is 34.1 Å². The van der Waals surface area contributed by atoms with Crippen molar-refractivity contribution in [2.45, 2.75) is 13.0 Å². The molecule has 0 unspecified atom stereocenters. The van der Waals surface area contributed by atoms with Gasteiger partial charge in [0.1, 0.15) is 17.2 Å². The van der Waals surface area contributed by atoms with Crippen molar-refractivity contribution in [1.29, 1.82) is 0 Å². The highest BCUT2D eigenvalue weighted by atomic mass is 79.9. The fourth-order valence-electron chi connectivity index (χ4n) is 1.82. The van der Waals surface area contributed by atoms with Crippen LogP contribution in [0.25, 0.3) is 0 Å². The molecule has 0 saturated heterocycles. The Morgan fingerprint density at radius 1 is 1.10 bits per heavy atom. The number of benzene rings is 2. The second kappa shape index (κ2) is 6.13. The highest BCUT2D eigenvalue weighted by Crippen LogP contribution is 2.18. The van der Waals surface area contributed by atoms with Crippen molar-refractivity contribution in [1.82, 2.24) is 5.32 Å². The lowest BCUT2D eigenvalue weighted by molar-refractivity contribution is 0.0931. The van der Waals surface area contributed by atoms with Crippen molar-refractivity contribution in [3.63, 3.8) is 0 Å². The van der Waals surface area contributed by atoms with Gasteiger partial charge in [0.2, 0.25) is 0 Å². The van der Waals surface area contributed by atoms with Crippen LogP contribution < -0.4 is 5.32 Å². The van der Waals surface area contributed by atoms with Gasteiger partial charge in [0.25, 0.3) is 5.91 Å². The van der Waals surface area contributed by atoms with Crippen molar-refractivity contribution in [3.8, 4) is 0 Å². The van der Waals surface area contributed by atoms with Crippen LogP contribution in [0.1, 0.15) is 28.9 Å². The highest BCUT2D eigenvalue weighted by Gasteiger charge is 2.19. The van der Waals surface area contributed by atoms with Crippen LogP contribution >= 0.6 is 15.9 Å². The minimum atomic E-state index is -0.870. The van der Waals surface area contributed by atoms with E-state index in [1.807, 2.05) is 24.3 Å². The number of hydrogen-bond donors (Lipinski definition) is 1. The van der Waals surface area contributed by atoms with E-state index in [-0.39, 0.29) is 6.04 Å². The molecule has 0 aliphatic carbocycles. The Hall–Kier alpha value is -1.75. The van der Waals surface area contributed by atoms with Crippen LogP contribution in [0.3, 0.4) is 0 Å². The summed E-state index contributed by atoms with van der Waals surface area (Å²) in [6.45, 7) is 1.75. The van der Waals surface area contributed by atoms with Crippen LogP contribution in [-0.4, -0.2) is 5.91 Å². The third-order valence-corrected chi connectivity index (χ3v) is 3.44. The van der Waals surface area contributed by atoms with Crippen molar-refractivity contribution in [2.24, 2.45) is 0 Å². The van der Waals surface area contributed by atoms with E-state index in [0.717, 1.165) is 22.2 Å². The van der Waals surface area contributed by atoms with E-state index in [0.29, 0.717) is 0 Å². The van der Waals surface area contributed by atoms with Crippen molar-refractivity contribution >= 4 is 21.8 Å². The average Bonchev–Trinajstić information content (AvgIpc) is 2.39. The number of nitrogens with one attached hydrogen (secondary N) is 1. The third kappa shape index (κ3) is 3.22. The van der Waals surface area contributed by atoms with Gasteiger partial charge in [-0.05, 0) is 36.8 Å². The van der Waals surface area contributed by atoms with E-state index >= 15 is 0 Å². The van der Waals surface area contributed by atoms with Gasteiger partial charge in [-0.3, -0.25) is 4.79 Å². The lowest BCUT2D eigenvalue weighted by atomic mass is 10.1. The first-order valence-corrected chi connectivity index (χ1v) is 6.78. The summed E-state index contributed by atoms with van der Waals surface area (Å²) in [6, 6.07) is 10.3. The highest BCUT2D eigenvalue weighted by molar-refractivity contribution is 9.10. The third-order valence-electron chi connectivity index (χ3n) is 2.91. The van der Waals surface area contributed by atoms with Gasteiger partial charge in [-0.25, -0.2) is 8.78 Å². The first kappa shape index (κ1) is 14.7. The zero-order chi connectivity index (χ0) is 14.7. The predicted molar refractivity (Wildman–Crippen MR) is 76.4 cm³/mol. The fourth-order valence-corrected chi connectivity index (χ4v) is 2.08. The monoisotopic (exact) mass is 339 g/mol. The quantitative estimate of drug-likeness (QED) is 0.891. The summed E-state index contributed by atoms with van der Waals surface area (Å²) < 4.78 is 27.9. The maximum absolute atomic E-state index is 13.5. The molecule has 2 nitrogen and oxygen atoms in total.